The second-order valence-corrected chi connectivity index (χ2v) is 3.93. The highest BCUT2D eigenvalue weighted by molar-refractivity contribution is 5.82. The van der Waals surface area contributed by atoms with Gasteiger partial charge in [-0.1, -0.05) is 13.8 Å². The summed E-state index contributed by atoms with van der Waals surface area (Å²) in [5, 5.41) is 6.12. The lowest BCUT2D eigenvalue weighted by atomic mass is 10.0. The quantitative estimate of drug-likeness (QED) is 0.800. The van der Waals surface area contributed by atoms with E-state index in [1.807, 2.05) is 13.8 Å². The number of ketones is 1. The molecule has 0 aliphatic carbocycles. The van der Waals surface area contributed by atoms with Crippen LogP contribution >= 0.6 is 0 Å². The second kappa shape index (κ2) is 3.88. The van der Waals surface area contributed by atoms with E-state index in [2.05, 4.69) is 15.2 Å². The van der Waals surface area contributed by atoms with Crippen LogP contribution in [0.25, 0.3) is 5.65 Å². The number of nitrogens with one attached hydrogen (secondary N) is 1. The first kappa shape index (κ1) is 10.5. The normalized spacial score (nSPS) is 11.2. The third kappa shape index (κ3) is 1.86. The largest absolute Gasteiger partial charge is 0.348 e. The number of hydrogen-bond donors (Lipinski definition) is 1. The van der Waals surface area contributed by atoms with Crippen molar-refractivity contribution in [1.29, 1.82) is 0 Å². The first-order valence-corrected chi connectivity index (χ1v) is 5.02. The van der Waals surface area contributed by atoms with Crippen molar-refractivity contribution in [2.75, 3.05) is 0 Å². The van der Waals surface area contributed by atoms with E-state index in [1.54, 1.807) is 6.07 Å². The first-order valence-electron chi connectivity index (χ1n) is 5.02. The average molecular weight is 220 g/mol. The fourth-order valence-electron chi connectivity index (χ4n) is 1.33. The van der Waals surface area contributed by atoms with E-state index in [0.29, 0.717) is 11.3 Å². The van der Waals surface area contributed by atoms with Crippen LogP contribution in [0.3, 0.4) is 0 Å². The molecule has 0 fully saturated rings. The van der Waals surface area contributed by atoms with Crippen molar-refractivity contribution in [2.24, 2.45) is 5.92 Å². The molecule has 2 rings (SSSR count). The van der Waals surface area contributed by atoms with Gasteiger partial charge in [0.2, 0.25) is 0 Å². The number of Topliss-reactive ketones (excluding diaryl/α,β-unsaturated/α-hetero) is 1. The van der Waals surface area contributed by atoms with Crippen molar-refractivity contribution in [2.45, 2.75) is 20.3 Å². The number of H-pyrrole nitrogens is 1. The summed E-state index contributed by atoms with van der Waals surface area (Å²) in [6.45, 7) is 3.69. The van der Waals surface area contributed by atoms with Gasteiger partial charge in [-0.25, -0.2) is 19.3 Å². The zero-order valence-electron chi connectivity index (χ0n) is 9.10. The molecule has 0 unspecified atom stereocenters. The maximum absolute atomic E-state index is 11.5. The van der Waals surface area contributed by atoms with Crippen molar-refractivity contribution in [3.63, 3.8) is 0 Å². The van der Waals surface area contributed by atoms with Crippen LogP contribution < -0.4 is 5.69 Å². The van der Waals surface area contributed by atoms with Gasteiger partial charge in [0.05, 0.1) is 5.69 Å². The summed E-state index contributed by atoms with van der Waals surface area (Å²) in [6, 6.07) is 1.64. The molecular formula is C10H12N4O2. The van der Waals surface area contributed by atoms with E-state index >= 15 is 0 Å². The Labute approximate surface area is 91.3 Å². The van der Waals surface area contributed by atoms with Gasteiger partial charge in [0.25, 0.3) is 0 Å². The molecule has 0 saturated heterocycles. The van der Waals surface area contributed by atoms with Gasteiger partial charge in [-0.05, 0) is 0 Å². The van der Waals surface area contributed by atoms with Crippen LogP contribution in [0.15, 0.2) is 17.2 Å². The van der Waals surface area contributed by atoms with Crippen LogP contribution in [0.1, 0.15) is 19.5 Å². The van der Waals surface area contributed by atoms with Crippen molar-refractivity contribution in [3.8, 4) is 0 Å². The minimum absolute atomic E-state index is 0.0144. The van der Waals surface area contributed by atoms with Crippen molar-refractivity contribution in [1.82, 2.24) is 19.6 Å². The lowest BCUT2D eigenvalue weighted by Gasteiger charge is -2.02. The Morgan fingerprint density at radius 2 is 2.31 bits per heavy atom. The molecule has 2 aromatic rings. The molecule has 0 aromatic carbocycles. The van der Waals surface area contributed by atoms with Crippen LogP contribution in [0, 0.1) is 5.92 Å². The summed E-state index contributed by atoms with van der Waals surface area (Å²) in [4.78, 5) is 26.7. The Balaban J connectivity index is 2.33. The molecule has 6 heteroatoms. The first-order chi connectivity index (χ1) is 7.58. The smallest absolute Gasteiger partial charge is 0.299 e. The fourth-order valence-corrected chi connectivity index (χ4v) is 1.33. The lowest BCUT2D eigenvalue weighted by molar-refractivity contribution is -0.121. The van der Waals surface area contributed by atoms with Gasteiger partial charge >= 0.3 is 5.69 Å². The number of fused-ring (bicyclic) bond motifs is 1. The number of carbonyl (C=O) groups is 1. The minimum Gasteiger partial charge on any atom is -0.299 e. The summed E-state index contributed by atoms with van der Waals surface area (Å²) in [5.41, 5.74) is 0.779. The molecule has 0 spiro atoms. The second-order valence-electron chi connectivity index (χ2n) is 3.93. The van der Waals surface area contributed by atoms with Gasteiger partial charge in [0, 0.05) is 18.4 Å². The Hall–Kier alpha value is -1.98. The molecule has 0 aliphatic heterocycles. The van der Waals surface area contributed by atoms with E-state index in [4.69, 9.17) is 0 Å². The van der Waals surface area contributed by atoms with E-state index in [0.717, 1.165) is 0 Å². The minimum atomic E-state index is -0.329. The predicted molar refractivity (Wildman–Crippen MR) is 57.2 cm³/mol. The average Bonchev–Trinajstić information content (AvgIpc) is 2.60. The van der Waals surface area contributed by atoms with E-state index in [9.17, 15) is 9.59 Å². The maximum atomic E-state index is 11.5. The Morgan fingerprint density at radius 1 is 1.56 bits per heavy atom. The molecule has 0 bridgehead atoms. The van der Waals surface area contributed by atoms with Gasteiger partial charge in [-0.15, -0.1) is 0 Å². The molecule has 0 radical (unpaired) electrons. The van der Waals surface area contributed by atoms with Crippen LogP contribution in [-0.2, 0) is 11.2 Å². The Morgan fingerprint density at radius 3 is 3.00 bits per heavy atom. The van der Waals surface area contributed by atoms with Crippen molar-refractivity contribution < 1.29 is 4.79 Å². The molecule has 2 heterocycles. The molecule has 0 amide bonds. The monoisotopic (exact) mass is 220 g/mol. The SMILES string of the molecule is CC(C)C(=O)Cc1cc2n[nH]c(=O)n2cn1. The highest BCUT2D eigenvalue weighted by atomic mass is 16.1. The van der Waals surface area contributed by atoms with Gasteiger partial charge in [-0.3, -0.25) is 4.79 Å². The van der Waals surface area contributed by atoms with Gasteiger partial charge < -0.3 is 0 Å². The van der Waals surface area contributed by atoms with Gasteiger partial charge in [-0.2, -0.15) is 5.10 Å². The molecule has 84 valence electrons. The Bertz CT molecular complexity index is 582. The van der Waals surface area contributed by atoms with Crippen LogP contribution in [-0.4, -0.2) is 25.4 Å². The molecule has 0 saturated carbocycles. The summed E-state index contributed by atoms with van der Waals surface area (Å²) in [7, 11) is 0. The molecule has 0 atom stereocenters. The topological polar surface area (TPSA) is 80.1 Å². The van der Waals surface area contributed by atoms with Gasteiger partial charge in [0.15, 0.2) is 5.65 Å². The van der Waals surface area contributed by atoms with Gasteiger partial charge in [0.1, 0.15) is 12.1 Å². The number of aromatic amines is 1. The summed E-state index contributed by atoms with van der Waals surface area (Å²) >= 11 is 0. The van der Waals surface area contributed by atoms with E-state index < -0.39 is 0 Å². The summed E-state index contributed by atoms with van der Waals surface area (Å²) < 4.78 is 1.29. The zero-order valence-corrected chi connectivity index (χ0v) is 9.10. The van der Waals surface area contributed by atoms with Crippen molar-refractivity contribution in [3.05, 3.63) is 28.6 Å². The summed E-state index contributed by atoms with van der Waals surface area (Å²) in [5.74, 6) is 0.106. The van der Waals surface area contributed by atoms with Crippen molar-refractivity contribution >= 4 is 11.4 Å². The molecule has 0 aliphatic rings. The fraction of sp³-hybridized carbons (Fsp3) is 0.400. The standard InChI is InChI=1S/C10H12N4O2/c1-6(2)8(15)3-7-4-9-12-13-10(16)14(9)5-11-7/h4-6H,3H2,1-2H3,(H,13,16). The Kier molecular flexibility index (Phi) is 2.55. The number of hydrogen-bond acceptors (Lipinski definition) is 4. The van der Waals surface area contributed by atoms with Crippen LogP contribution in [0.4, 0.5) is 0 Å². The highest BCUT2D eigenvalue weighted by Gasteiger charge is 2.10. The van der Waals surface area contributed by atoms with E-state index in [-0.39, 0.29) is 23.8 Å². The molecule has 2 aromatic heterocycles. The number of rotatable bonds is 3. The lowest BCUT2D eigenvalue weighted by Crippen LogP contribution is -2.13. The summed E-state index contributed by atoms with van der Waals surface area (Å²) in [6.07, 6.45) is 1.65. The third-order valence-electron chi connectivity index (χ3n) is 2.37. The number of aromatic nitrogens is 4. The highest BCUT2D eigenvalue weighted by Crippen LogP contribution is 2.04. The third-order valence-corrected chi connectivity index (χ3v) is 2.37. The molecule has 6 nitrogen and oxygen atoms in total. The predicted octanol–water partition coefficient (Wildman–Crippen LogP) is 0.185. The number of nitrogens with zero attached hydrogens (tertiary/aromatic N) is 3. The number of carbonyl (C=O) groups excluding carboxylic acids is 1. The molecule has 1 N–H and O–H groups in total. The van der Waals surface area contributed by atoms with Crippen LogP contribution in [0.2, 0.25) is 0 Å². The zero-order chi connectivity index (χ0) is 11.7. The van der Waals surface area contributed by atoms with E-state index in [1.165, 1.54) is 10.7 Å². The molecule has 16 heavy (non-hydrogen) atoms. The van der Waals surface area contributed by atoms with Crippen LogP contribution in [0.5, 0.6) is 0 Å². The maximum Gasteiger partial charge on any atom is 0.348 e. The molecular weight excluding hydrogens is 208 g/mol.